The fraction of sp³-hybridized carbons (Fsp3) is 0.300. The molecule has 1 rings (SSSR count). The molecular weight excluding hydrogens is 292 g/mol. The van der Waals surface area contributed by atoms with E-state index in [9.17, 15) is 14.9 Å². The molecule has 7 heteroatoms. The third-order valence-corrected chi connectivity index (χ3v) is 2.42. The summed E-state index contributed by atoms with van der Waals surface area (Å²) in [6, 6.07) is 4.11. The van der Waals surface area contributed by atoms with Crippen LogP contribution in [0.5, 0.6) is 5.75 Å². The lowest BCUT2D eigenvalue weighted by Gasteiger charge is -2.05. The molecule has 1 N–H and O–H groups in total. The van der Waals surface area contributed by atoms with Crippen LogP contribution in [0, 0.1) is 10.1 Å². The molecular formula is C10H11BrN2O4. The molecule has 0 aliphatic rings. The number of ether oxygens (including phenoxy) is 1. The number of amides is 1. The van der Waals surface area contributed by atoms with Crippen LogP contribution >= 0.6 is 15.9 Å². The Morgan fingerprint density at radius 3 is 2.82 bits per heavy atom. The Hall–Kier alpha value is -1.63. The maximum absolute atomic E-state index is 11.7. The molecule has 0 atom stereocenters. The average Bonchev–Trinajstić information content (AvgIpc) is 2.35. The summed E-state index contributed by atoms with van der Waals surface area (Å²) in [6.45, 7) is 0.405. The number of nitrogens with zero attached hydrogens (tertiary/aromatic N) is 1. The number of carbonyl (C=O) groups is 1. The molecule has 0 unspecified atom stereocenters. The highest BCUT2D eigenvalue weighted by molar-refractivity contribution is 9.09. The summed E-state index contributed by atoms with van der Waals surface area (Å²) in [7, 11) is 1.41. The molecule has 0 aromatic heterocycles. The summed E-state index contributed by atoms with van der Waals surface area (Å²) in [5.41, 5.74) is -0.242. The number of carbonyl (C=O) groups excluding carboxylic acids is 1. The van der Waals surface area contributed by atoms with Crippen molar-refractivity contribution in [3.05, 3.63) is 33.9 Å². The van der Waals surface area contributed by atoms with Gasteiger partial charge in [-0.3, -0.25) is 14.9 Å². The van der Waals surface area contributed by atoms with E-state index < -0.39 is 10.8 Å². The second kappa shape index (κ2) is 6.19. The Labute approximate surface area is 106 Å². The van der Waals surface area contributed by atoms with Gasteiger partial charge in [-0.15, -0.1) is 0 Å². The van der Waals surface area contributed by atoms with Gasteiger partial charge in [0.05, 0.1) is 18.1 Å². The molecule has 0 spiro atoms. The third kappa shape index (κ3) is 3.42. The van der Waals surface area contributed by atoms with Gasteiger partial charge >= 0.3 is 0 Å². The number of alkyl halides is 1. The van der Waals surface area contributed by atoms with E-state index in [0.29, 0.717) is 17.6 Å². The molecule has 0 aliphatic heterocycles. The van der Waals surface area contributed by atoms with Gasteiger partial charge in [-0.2, -0.15) is 0 Å². The Bertz CT molecular complexity index is 436. The van der Waals surface area contributed by atoms with Crippen molar-refractivity contribution in [3.63, 3.8) is 0 Å². The van der Waals surface area contributed by atoms with Gasteiger partial charge in [0.25, 0.3) is 11.6 Å². The number of hydrogen-bond donors (Lipinski definition) is 1. The van der Waals surface area contributed by atoms with Crippen LogP contribution in [0.2, 0.25) is 0 Å². The predicted molar refractivity (Wildman–Crippen MR) is 65.8 cm³/mol. The van der Waals surface area contributed by atoms with Gasteiger partial charge in [0.2, 0.25) is 0 Å². The first-order valence-corrected chi connectivity index (χ1v) is 5.89. The monoisotopic (exact) mass is 302 g/mol. The number of benzene rings is 1. The van der Waals surface area contributed by atoms with E-state index in [1.54, 1.807) is 0 Å². The number of halogens is 1. The minimum atomic E-state index is -0.606. The molecule has 0 saturated heterocycles. The molecule has 0 saturated carbocycles. The topological polar surface area (TPSA) is 81.5 Å². The fourth-order valence-corrected chi connectivity index (χ4v) is 1.44. The highest BCUT2D eigenvalue weighted by Crippen LogP contribution is 2.24. The number of methoxy groups -OCH3 is 1. The molecule has 0 bridgehead atoms. The summed E-state index contributed by atoms with van der Waals surface area (Å²) in [5, 5.41) is 14.0. The Morgan fingerprint density at radius 2 is 2.29 bits per heavy atom. The molecule has 92 valence electrons. The van der Waals surface area contributed by atoms with Crippen LogP contribution in [0.1, 0.15) is 10.4 Å². The summed E-state index contributed by atoms with van der Waals surface area (Å²) in [4.78, 5) is 21.9. The van der Waals surface area contributed by atoms with Gasteiger partial charge in [0, 0.05) is 11.9 Å². The Balaban J connectivity index is 3.05. The quantitative estimate of drug-likeness (QED) is 0.510. The Morgan fingerprint density at radius 1 is 1.59 bits per heavy atom. The van der Waals surface area contributed by atoms with Gasteiger partial charge in [-0.1, -0.05) is 15.9 Å². The van der Waals surface area contributed by atoms with Crippen molar-refractivity contribution < 1.29 is 14.5 Å². The number of nitro benzene ring substituents is 1. The molecule has 6 nitrogen and oxygen atoms in total. The van der Waals surface area contributed by atoms with E-state index in [0.717, 1.165) is 0 Å². The smallest absolute Gasteiger partial charge is 0.285 e. The van der Waals surface area contributed by atoms with Gasteiger partial charge in [0.1, 0.15) is 11.3 Å². The highest BCUT2D eigenvalue weighted by Gasteiger charge is 2.20. The molecule has 17 heavy (non-hydrogen) atoms. The van der Waals surface area contributed by atoms with Crippen molar-refractivity contribution in [3.8, 4) is 5.75 Å². The largest absolute Gasteiger partial charge is 0.497 e. The second-order valence-corrected chi connectivity index (χ2v) is 3.88. The van der Waals surface area contributed by atoms with Gasteiger partial charge < -0.3 is 10.1 Å². The van der Waals surface area contributed by atoms with Crippen molar-refractivity contribution >= 4 is 27.5 Å². The maximum atomic E-state index is 11.7. The lowest BCUT2D eigenvalue weighted by molar-refractivity contribution is -0.385. The molecule has 0 fully saturated rings. The fourth-order valence-electron chi connectivity index (χ4n) is 1.24. The van der Waals surface area contributed by atoms with Crippen LogP contribution in [0.25, 0.3) is 0 Å². The zero-order valence-electron chi connectivity index (χ0n) is 9.10. The summed E-state index contributed by atoms with van der Waals surface area (Å²) in [5.74, 6) is -0.132. The van der Waals surface area contributed by atoms with Gasteiger partial charge in [0.15, 0.2) is 0 Å². The van der Waals surface area contributed by atoms with E-state index in [1.165, 1.54) is 25.3 Å². The highest BCUT2D eigenvalue weighted by atomic mass is 79.9. The van der Waals surface area contributed by atoms with E-state index in [2.05, 4.69) is 21.2 Å². The molecule has 1 amide bonds. The number of hydrogen-bond acceptors (Lipinski definition) is 4. The standard InChI is InChI=1S/C10H11BrN2O4/c1-17-7-2-3-8(9(6-7)13(15)16)10(14)12-5-4-11/h2-3,6H,4-5H2,1H3,(H,12,14). The molecule has 1 aromatic rings. The number of nitrogens with one attached hydrogen (secondary N) is 1. The van der Waals surface area contributed by atoms with Crippen LogP contribution < -0.4 is 10.1 Å². The molecule has 0 radical (unpaired) electrons. The van der Waals surface area contributed by atoms with Crippen LogP contribution in [0.15, 0.2) is 18.2 Å². The van der Waals surface area contributed by atoms with Crippen molar-refractivity contribution in [1.29, 1.82) is 0 Å². The van der Waals surface area contributed by atoms with E-state index in [1.807, 2.05) is 0 Å². The summed E-state index contributed by atoms with van der Waals surface area (Å²) >= 11 is 3.15. The van der Waals surface area contributed by atoms with Crippen LogP contribution in [-0.2, 0) is 0 Å². The van der Waals surface area contributed by atoms with Crippen LogP contribution in [0.4, 0.5) is 5.69 Å². The zero-order chi connectivity index (χ0) is 12.8. The summed E-state index contributed by atoms with van der Waals surface area (Å²) < 4.78 is 4.88. The molecule has 0 heterocycles. The number of nitro groups is 1. The molecule has 1 aromatic carbocycles. The van der Waals surface area contributed by atoms with Crippen LogP contribution in [0.3, 0.4) is 0 Å². The third-order valence-electron chi connectivity index (χ3n) is 2.03. The maximum Gasteiger partial charge on any atom is 0.285 e. The van der Waals surface area contributed by atoms with Crippen LogP contribution in [-0.4, -0.2) is 29.8 Å². The van der Waals surface area contributed by atoms with Gasteiger partial charge in [-0.25, -0.2) is 0 Å². The molecule has 0 aliphatic carbocycles. The SMILES string of the molecule is COc1ccc(C(=O)NCCBr)c([N+](=O)[O-])c1. The lowest BCUT2D eigenvalue weighted by Crippen LogP contribution is -2.25. The summed E-state index contributed by atoms with van der Waals surface area (Å²) in [6.07, 6.45) is 0. The Kier molecular flexibility index (Phi) is 4.89. The normalized spacial score (nSPS) is 9.76. The van der Waals surface area contributed by atoms with Gasteiger partial charge in [-0.05, 0) is 12.1 Å². The minimum Gasteiger partial charge on any atom is -0.497 e. The average molecular weight is 303 g/mol. The zero-order valence-corrected chi connectivity index (χ0v) is 10.7. The van der Waals surface area contributed by atoms with Crippen molar-refractivity contribution in [1.82, 2.24) is 5.32 Å². The number of rotatable bonds is 5. The predicted octanol–water partition coefficient (Wildman–Crippen LogP) is 1.73. The van der Waals surface area contributed by atoms with E-state index in [4.69, 9.17) is 4.74 Å². The van der Waals surface area contributed by atoms with E-state index >= 15 is 0 Å². The van der Waals surface area contributed by atoms with Crippen molar-refractivity contribution in [2.75, 3.05) is 19.0 Å². The lowest BCUT2D eigenvalue weighted by atomic mass is 10.1. The first-order valence-electron chi connectivity index (χ1n) is 4.76. The second-order valence-electron chi connectivity index (χ2n) is 3.09. The van der Waals surface area contributed by atoms with Crippen molar-refractivity contribution in [2.24, 2.45) is 0 Å². The van der Waals surface area contributed by atoms with Crippen molar-refractivity contribution in [2.45, 2.75) is 0 Å². The minimum absolute atomic E-state index is 0.0248. The first kappa shape index (κ1) is 13.4. The first-order chi connectivity index (χ1) is 8.10. The van der Waals surface area contributed by atoms with E-state index in [-0.39, 0.29) is 11.3 Å².